The molecule has 1 aromatic rings. The molecule has 0 aliphatic heterocycles. The number of ether oxygens (including phenoxy) is 1. The van der Waals surface area contributed by atoms with Gasteiger partial charge in [-0.1, -0.05) is 25.1 Å². The topological polar surface area (TPSA) is 41.5 Å². The summed E-state index contributed by atoms with van der Waals surface area (Å²) in [7, 11) is 1.71. The van der Waals surface area contributed by atoms with Crippen LogP contribution in [0.3, 0.4) is 0 Å². The SMILES string of the molecule is COCC(C)CNCc1ccccc1O. The molecule has 0 aliphatic carbocycles. The molecule has 0 radical (unpaired) electrons. The van der Waals surface area contributed by atoms with E-state index in [0.717, 1.165) is 18.7 Å². The molecule has 15 heavy (non-hydrogen) atoms. The molecule has 0 saturated heterocycles. The Morgan fingerprint density at radius 3 is 2.80 bits per heavy atom. The van der Waals surface area contributed by atoms with E-state index in [9.17, 15) is 5.11 Å². The Balaban J connectivity index is 2.29. The second-order valence-corrected chi connectivity index (χ2v) is 3.82. The smallest absolute Gasteiger partial charge is 0.120 e. The summed E-state index contributed by atoms with van der Waals surface area (Å²) in [5, 5.41) is 12.8. The van der Waals surface area contributed by atoms with Crippen LogP contribution in [0.15, 0.2) is 24.3 Å². The number of para-hydroxylation sites is 1. The molecule has 0 heterocycles. The van der Waals surface area contributed by atoms with Gasteiger partial charge in [0.2, 0.25) is 0 Å². The van der Waals surface area contributed by atoms with Gasteiger partial charge in [0, 0.05) is 32.4 Å². The zero-order valence-electron chi connectivity index (χ0n) is 9.36. The highest BCUT2D eigenvalue weighted by Gasteiger charge is 2.02. The second kappa shape index (κ2) is 6.43. The lowest BCUT2D eigenvalue weighted by Gasteiger charge is -2.11. The largest absolute Gasteiger partial charge is 0.508 e. The van der Waals surface area contributed by atoms with Gasteiger partial charge in [0.1, 0.15) is 5.75 Å². The number of hydrogen-bond acceptors (Lipinski definition) is 3. The summed E-state index contributed by atoms with van der Waals surface area (Å²) in [5.41, 5.74) is 0.933. The number of phenols is 1. The Kier molecular flexibility index (Phi) is 5.15. The van der Waals surface area contributed by atoms with Crippen LogP contribution in [0.5, 0.6) is 5.75 Å². The van der Waals surface area contributed by atoms with Crippen LogP contribution in [-0.2, 0) is 11.3 Å². The second-order valence-electron chi connectivity index (χ2n) is 3.82. The van der Waals surface area contributed by atoms with Crippen molar-refractivity contribution in [3.8, 4) is 5.75 Å². The van der Waals surface area contributed by atoms with Gasteiger partial charge < -0.3 is 15.2 Å². The first-order valence-corrected chi connectivity index (χ1v) is 5.20. The van der Waals surface area contributed by atoms with Crippen LogP contribution >= 0.6 is 0 Å². The van der Waals surface area contributed by atoms with Gasteiger partial charge >= 0.3 is 0 Å². The van der Waals surface area contributed by atoms with Crippen molar-refractivity contribution >= 4 is 0 Å². The van der Waals surface area contributed by atoms with Crippen molar-refractivity contribution in [2.75, 3.05) is 20.3 Å². The van der Waals surface area contributed by atoms with Crippen molar-refractivity contribution in [1.82, 2.24) is 5.32 Å². The highest BCUT2D eigenvalue weighted by atomic mass is 16.5. The maximum atomic E-state index is 9.51. The lowest BCUT2D eigenvalue weighted by Crippen LogP contribution is -2.23. The van der Waals surface area contributed by atoms with E-state index in [0.29, 0.717) is 18.2 Å². The van der Waals surface area contributed by atoms with E-state index in [-0.39, 0.29) is 0 Å². The third-order valence-corrected chi connectivity index (χ3v) is 2.25. The number of rotatable bonds is 6. The molecule has 3 heteroatoms. The van der Waals surface area contributed by atoms with E-state index in [4.69, 9.17) is 4.74 Å². The van der Waals surface area contributed by atoms with Gasteiger partial charge in [-0.3, -0.25) is 0 Å². The minimum atomic E-state index is 0.351. The Labute approximate surface area is 91.1 Å². The van der Waals surface area contributed by atoms with Gasteiger partial charge in [-0.25, -0.2) is 0 Å². The Hall–Kier alpha value is -1.06. The Morgan fingerprint density at radius 2 is 2.13 bits per heavy atom. The molecule has 3 nitrogen and oxygen atoms in total. The fraction of sp³-hybridized carbons (Fsp3) is 0.500. The van der Waals surface area contributed by atoms with Crippen LogP contribution < -0.4 is 5.32 Å². The van der Waals surface area contributed by atoms with Gasteiger partial charge in [-0.05, 0) is 12.0 Å². The molecule has 0 bridgehead atoms. The summed E-state index contributed by atoms with van der Waals surface area (Å²) in [6.07, 6.45) is 0. The molecule has 1 rings (SSSR count). The van der Waals surface area contributed by atoms with Gasteiger partial charge in [0.05, 0.1) is 0 Å². The van der Waals surface area contributed by atoms with Crippen LogP contribution in [0.4, 0.5) is 0 Å². The average molecular weight is 209 g/mol. The van der Waals surface area contributed by atoms with Crippen LogP contribution in [0, 0.1) is 5.92 Å². The standard InChI is InChI=1S/C12H19NO2/c1-10(9-15-2)7-13-8-11-5-3-4-6-12(11)14/h3-6,10,13-14H,7-9H2,1-2H3. The third-order valence-electron chi connectivity index (χ3n) is 2.25. The maximum Gasteiger partial charge on any atom is 0.120 e. The maximum absolute atomic E-state index is 9.51. The molecule has 0 spiro atoms. The Bertz CT molecular complexity index is 289. The summed E-state index contributed by atoms with van der Waals surface area (Å²) < 4.78 is 5.04. The molecular weight excluding hydrogens is 190 g/mol. The predicted octanol–water partition coefficient (Wildman–Crippen LogP) is 1.76. The monoisotopic (exact) mass is 209 g/mol. The fourth-order valence-electron chi connectivity index (χ4n) is 1.46. The van der Waals surface area contributed by atoms with Gasteiger partial charge in [0.25, 0.3) is 0 Å². The van der Waals surface area contributed by atoms with Crippen LogP contribution in [0.2, 0.25) is 0 Å². The lowest BCUT2D eigenvalue weighted by molar-refractivity contribution is 0.158. The van der Waals surface area contributed by atoms with Crippen LogP contribution in [0.25, 0.3) is 0 Å². The van der Waals surface area contributed by atoms with Crippen LogP contribution in [-0.4, -0.2) is 25.4 Å². The lowest BCUT2D eigenvalue weighted by atomic mass is 10.1. The summed E-state index contributed by atoms with van der Waals surface area (Å²) in [4.78, 5) is 0. The van der Waals surface area contributed by atoms with Crippen molar-refractivity contribution < 1.29 is 9.84 Å². The first-order valence-electron chi connectivity index (χ1n) is 5.20. The highest BCUT2D eigenvalue weighted by Crippen LogP contribution is 2.14. The van der Waals surface area contributed by atoms with Gasteiger partial charge in [-0.2, -0.15) is 0 Å². The van der Waals surface area contributed by atoms with Crippen LogP contribution in [0.1, 0.15) is 12.5 Å². The van der Waals surface area contributed by atoms with E-state index >= 15 is 0 Å². The minimum Gasteiger partial charge on any atom is -0.508 e. The van der Waals surface area contributed by atoms with Gasteiger partial charge in [-0.15, -0.1) is 0 Å². The molecule has 1 aromatic carbocycles. The fourth-order valence-corrected chi connectivity index (χ4v) is 1.46. The number of methoxy groups -OCH3 is 1. The quantitative estimate of drug-likeness (QED) is 0.750. The first kappa shape index (κ1) is 12.0. The average Bonchev–Trinajstić information content (AvgIpc) is 2.21. The molecule has 2 N–H and O–H groups in total. The minimum absolute atomic E-state index is 0.351. The zero-order valence-corrected chi connectivity index (χ0v) is 9.36. The molecule has 0 amide bonds. The molecule has 84 valence electrons. The molecule has 1 atom stereocenters. The van der Waals surface area contributed by atoms with Crippen molar-refractivity contribution in [3.63, 3.8) is 0 Å². The zero-order chi connectivity index (χ0) is 11.1. The Morgan fingerprint density at radius 1 is 1.40 bits per heavy atom. The van der Waals surface area contributed by atoms with E-state index in [1.807, 2.05) is 18.2 Å². The molecule has 1 unspecified atom stereocenters. The van der Waals surface area contributed by atoms with Crippen molar-refractivity contribution in [2.45, 2.75) is 13.5 Å². The number of nitrogens with one attached hydrogen (secondary N) is 1. The van der Waals surface area contributed by atoms with Crippen molar-refractivity contribution in [1.29, 1.82) is 0 Å². The number of aromatic hydroxyl groups is 1. The number of phenolic OH excluding ortho intramolecular Hbond substituents is 1. The first-order chi connectivity index (χ1) is 7.24. The molecular formula is C12H19NO2. The van der Waals surface area contributed by atoms with E-state index in [1.54, 1.807) is 13.2 Å². The summed E-state index contributed by atoms with van der Waals surface area (Å²) >= 11 is 0. The summed E-state index contributed by atoms with van der Waals surface area (Å²) in [6, 6.07) is 7.38. The van der Waals surface area contributed by atoms with Crippen molar-refractivity contribution in [3.05, 3.63) is 29.8 Å². The molecule has 0 fully saturated rings. The normalized spacial score (nSPS) is 12.7. The number of hydrogen-bond donors (Lipinski definition) is 2. The van der Waals surface area contributed by atoms with E-state index in [2.05, 4.69) is 12.2 Å². The summed E-state index contributed by atoms with van der Waals surface area (Å²) in [5.74, 6) is 0.838. The molecule has 0 saturated carbocycles. The predicted molar refractivity (Wildman–Crippen MR) is 60.9 cm³/mol. The third kappa shape index (κ3) is 4.32. The van der Waals surface area contributed by atoms with E-state index < -0.39 is 0 Å². The highest BCUT2D eigenvalue weighted by molar-refractivity contribution is 5.31. The van der Waals surface area contributed by atoms with Gasteiger partial charge in [0.15, 0.2) is 0 Å². The van der Waals surface area contributed by atoms with Crippen molar-refractivity contribution in [2.24, 2.45) is 5.92 Å². The molecule has 0 aliphatic rings. The molecule has 0 aromatic heterocycles. The summed E-state index contributed by atoms with van der Waals surface area (Å²) in [6.45, 7) is 4.47. The number of benzene rings is 1. The van der Waals surface area contributed by atoms with E-state index in [1.165, 1.54) is 0 Å².